The number of nitrogens with zero attached hydrogens (tertiary/aromatic N) is 2. The Morgan fingerprint density at radius 1 is 1.08 bits per heavy atom. The number of rotatable bonds is 5. The van der Waals surface area contributed by atoms with Gasteiger partial charge in [0.05, 0.1) is 13.7 Å². The van der Waals surface area contributed by atoms with E-state index < -0.39 is 5.97 Å². The molecule has 0 atom stereocenters. The summed E-state index contributed by atoms with van der Waals surface area (Å²) in [6.45, 7) is 2.03. The average Bonchev–Trinajstić information content (AvgIpc) is 3.12. The Labute approximate surface area is 139 Å². The summed E-state index contributed by atoms with van der Waals surface area (Å²) in [5, 5.41) is 10.6. The van der Waals surface area contributed by atoms with Crippen molar-refractivity contribution in [3.63, 3.8) is 0 Å². The summed E-state index contributed by atoms with van der Waals surface area (Å²) in [5.74, 6) is 0.259. The van der Waals surface area contributed by atoms with Crippen LogP contribution in [0.15, 0.2) is 48.5 Å². The first kappa shape index (κ1) is 15.7. The van der Waals surface area contributed by atoms with E-state index >= 15 is 0 Å². The standard InChI is InChI=1S/C18H17N3O3/c1-3-24-18(22)17-16(19-21-20-17)15-10-5-4-9-14(15)12-7-6-8-13(11-12)23-2/h4-11H,3H2,1-2H3,(H,19,20,21). The molecule has 122 valence electrons. The fourth-order valence-electron chi connectivity index (χ4n) is 2.49. The molecule has 6 nitrogen and oxygen atoms in total. The second-order valence-electron chi connectivity index (χ2n) is 5.02. The van der Waals surface area contributed by atoms with Crippen LogP contribution >= 0.6 is 0 Å². The van der Waals surface area contributed by atoms with Gasteiger partial charge in [0.1, 0.15) is 11.4 Å². The average molecular weight is 323 g/mol. The Hall–Kier alpha value is -3.15. The number of nitrogens with one attached hydrogen (secondary N) is 1. The molecule has 0 saturated heterocycles. The Morgan fingerprint density at radius 2 is 1.88 bits per heavy atom. The van der Waals surface area contributed by atoms with E-state index in [1.807, 2.05) is 48.5 Å². The van der Waals surface area contributed by atoms with Crippen molar-refractivity contribution in [2.45, 2.75) is 6.92 Å². The predicted octanol–water partition coefficient (Wildman–Crippen LogP) is 3.32. The van der Waals surface area contributed by atoms with Crippen molar-refractivity contribution in [3.8, 4) is 28.1 Å². The van der Waals surface area contributed by atoms with Crippen molar-refractivity contribution >= 4 is 5.97 Å². The highest BCUT2D eigenvalue weighted by Crippen LogP contribution is 2.33. The first-order valence-corrected chi connectivity index (χ1v) is 7.56. The highest BCUT2D eigenvalue weighted by Gasteiger charge is 2.21. The number of benzene rings is 2. The Morgan fingerprint density at radius 3 is 2.62 bits per heavy atom. The van der Waals surface area contributed by atoms with E-state index in [-0.39, 0.29) is 12.3 Å². The van der Waals surface area contributed by atoms with Crippen LogP contribution in [0.25, 0.3) is 22.4 Å². The van der Waals surface area contributed by atoms with Gasteiger partial charge in [0.25, 0.3) is 0 Å². The van der Waals surface area contributed by atoms with Crippen LogP contribution in [0.5, 0.6) is 5.75 Å². The molecule has 0 unspecified atom stereocenters. The molecule has 3 rings (SSSR count). The van der Waals surface area contributed by atoms with Gasteiger partial charge in [0.15, 0.2) is 5.69 Å². The first-order valence-electron chi connectivity index (χ1n) is 7.56. The van der Waals surface area contributed by atoms with Gasteiger partial charge < -0.3 is 9.47 Å². The summed E-state index contributed by atoms with van der Waals surface area (Å²) >= 11 is 0. The summed E-state index contributed by atoms with van der Waals surface area (Å²) in [6.07, 6.45) is 0. The van der Waals surface area contributed by atoms with Gasteiger partial charge in [-0.05, 0) is 30.2 Å². The smallest absolute Gasteiger partial charge is 0.361 e. The molecule has 0 fully saturated rings. The number of H-pyrrole nitrogens is 1. The van der Waals surface area contributed by atoms with Crippen LogP contribution in [-0.2, 0) is 4.74 Å². The minimum absolute atomic E-state index is 0.173. The number of methoxy groups -OCH3 is 1. The molecular formula is C18H17N3O3. The molecule has 0 saturated carbocycles. The third-order valence-corrected chi connectivity index (χ3v) is 3.58. The molecule has 0 spiro atoms. The summed E-state index contributed by atoms with van der Waals surface area (Å²) in [5.41, 5.74) is 3.32. The van der Waals surface area contributed by atoms with E-state index in [0.29, 0.717) is 5.69 Å². The van der Waals surface area contributed by atoms with Gasteiger partial charge in [-0.15, -0.1) is 5.10 Å². The zero-order chi connectivity index (χ0) is 16.9. The number of ether oxygens (including phenoxy) is 2. The molecule has 1 N–H and O–H groups in total. The molecule has 0 radical (unpaired) electrons. The van der Waals surface area contributed by atoms with Crippen LogP contribution in [0, 0.1) is 0 Å². The number of carbonyl (C=O) groups is 1. The van der Waals surface area contributed by atoms with Gasteiger partial charge in [0, 0.05) is 5.56 Å². The summed E-state index contributed by atoms with van der Waals surface area (Å²) < 4.78 is 10.3. The van der Waals surface area contributed by atoms with E-state index in [1.165, 1.54) is 0 Å². The minimum atomic E-state index is -0.498. The topological polar surface area (TPSA) is 77.1 Å². The van der Waals surface area contributed by atoms with Gasteiger partial charge in [-0.2, -0.15) is 10.3 Å². The molecule has 1 aromatic heterocycles. The summed E-state index contributed by atoms with van der Waals surface area (Å²) in [4.78, 5) is 12.1. The fraction of sp³-hybridized carbons (Fsp3) is 0.167. The van der Waals surface area contributed by atoms with E-state index in [9.17, 15) is 4.79 Å². The van der Waals surface area contributed by atoms with Crippen LogP contribution in [0.2, 0.25) is 0 Å². The quantitative estimate of drug-likeness (QED) is 0.729. The van der Waals surface area contributed by atoms with Gasteiger partial charge in [0.2, 0.25) is 0 Å². The highest BCUT2D eigenvalue weighted by molar-refractivity contribution is 5.96. The van der Waals surface area contributed by atoms with Crippen LogP contribution < -0.4 is 4.74 Å². The largest absolute Gasteiger partial charge is 0.497 e. The SMILES string of the molecule is CCOC(=O)c1n[nH]nc1-c1ccccc1-c1cccc(OC)c1. The van der Waals surface area contributed by atoms with Crippen molar-refractivity contribution in [2.24, 2.45) is 0 Å². The van der Waals surface area contributed by atoms with Crippen LogP contribution in [0.1, 0.15) is 17.4 Å². The number of aromatic nitrogens is 3. The molecule has 6 heteroatoms. The van der Waals surface area contributed by atoms with Gasteiger partial charge in [-0.1, -0.05) is 36.4 Å². The van der Waals surface area contributed by atoms with Crippen molar-refractivity contribution in [1.82, 2.24) is 15.4 Å². The maximum absolute atomic E-state index is 12.1. The Kier molecular flexibility index (Phi) is 4.56. The van der Waals surface area contributed by atoms with Gasteiger partial charge in [-0.25, -0.2) is 4.79 Å². The number of hydrogen-bond donors (Lipinski definition) is 1. The van der Waals surface area contributed by atoms with E-state index in [0.717, 1.165) is 22.4 Å². The van der Waals surface area contributed by atoms with Crippen molar-refractivity contribution in [1.29, 1.82) is 0 Å². The maximum Gasteiger partial charge on any atom is 0.361 e. The summed E-state index contributed by atoms with van der Waals surface area (Å²) in [6, 6.07) is 15.4. The highest BCUT2D eigenvalue weighted by atomic mass is 16.5. The van der Waals surface area contributed by atoms with E-state index in [2.05, 4.69) is 15.4 Å². The number of hydrogen-bond acceptors (Lipinski definition) is 5. The number of carbonyl (C=O) groups excluding carboxylic acids is 1. The third kappa shape index (κ3) is 2.99. The molecule has 0 aliphatic heterocycles. The monoisotopic (exact) mass is 323 g/mol. The molecule has 1 heterocycles. The fourth-order valence-corrected chi connectivity index (χ4v) is 2.49. The van der Waals surface area contributed by atoms with Crippen LogP contribution in [0.3, 0.4) is 0 Å². The van der Waals surface area contributed by atoms with Gasteiger partial charge >= 0.3 is 5.97 Å². The molecule has 0 amide bonds. The lowest BCUT2D eigenvalue weighted by Crippen LogP contribution is -2.07. The number of aromatic amines is 1. The van der Waals surface area contributed by atoms with Crippen molar-refractivity contribution < 1.29 is 14.3 Å². The Balaban J connectivity index is 2.11. The molecule has 0 bridgehead atoms. The van der Waals surface area contributed by atoms with E-state index in [1.54, 1.807) is 14.0 Å². The molecule has 24 heavy (non-hydrogen) atoms. The predicted molar refractivity (Wildman–Crippen MR) is 89.8 cm³/mol. The molecule has 3 aromatic rings. The van der Waals surface area contributed by atoms with E-state index in [4.69, 9.17) is 9.47 Å². The first-order chi connectivity index (χ1) is 11.7. The maximum atomic E-state index is 12.1. The second-order valence-corrected chi connectivity index (χ2v) is 5.02. The summed E-state index contributed by atoms with van der Waals surface area (Å²) in [7, 11) is 1.63. The van der Waals surface area contributed by atoms with Gasteiger partial charge in [-0.3, -0.25) is 0 Å². The Bertz CT molecular complexity index is 858. The normalized spacial score (nSPS) is 10.4. The lowest BCUT2D eigenvalue weighted by Gasteiger charge is -2.10. The zero-order valence-corrected chi connectivity index (χ0v) is 13.4. The van der Waals surface area contributed by atoms with Crippen LogP contribution in [0.4, 0.5) is 0 Å². The molecule has 0 aliphatic carbocycles. The zero-order valence-electron chi connectivity index (χ0n) is 13.4. The molecule has 0 aliphatic rings. The molecule has 2 aromatic carbocycles. The van der Waals surface area contributed by atoms with Crippen LogP contribution in [-0.4, -0.2) is 35.1 Å². The lowest BCUT2D eigenvalue weighted by molar-refractivity contribution is 0.0520. The number of esters is 1. The van der Waals surface area contributed by atoms with Crippen molar-refractivity contribution in [3.05, 3.63) is 54.2 Å². The third-order valence-electron chi connectivity index (χ3n) is 3.58. The van der Waals surface area contributed by atoms with Crippen molar-refractivity contribution in [2.75, 3.05) is 13.7 Å². The second kappa shape index (κ2) is 6.95. The molecular weight excluding hydrogens is 306 g/mol. The lowest BCUT2D eigenvalue weighted by atomic mass is 9.96. The minimum Gasteiger partial charge on any atom is -0.497 e.